The van der Waals surface area contributed by atoms with E-state index in [1.807, 2.05) is 6.07 Å². The van der Waals surface area contributed by atoms with Gasteiger partial charge in [-0.25, -0.2) is 4.98 Å². The number of nitrogens with zero attached hydrogens (tertiary/aromatic N) is 2. The summed E-state index contributed by atoms with van der Waals surface area (Å²) in [4.78, 5) is 28.8. The number of rotatable bonds is 4. The van der Waals surface area contributed by atoms with Crippen molar-refractivity contribution in [3.05, 3.63) is 40.9 Å². The lowest BCUT2D eigenvalue weighted by atomic mass is 9.85. The summed E-state index contributed by atoms with van der Waals surface area (Å²) in [7, 11) is 0. The summed E-state index contributed by atoms with van der Waals surface area (Å²) in [5.74, 6) is -0.103. The molecule has 6 heteroatoms. The summed E-state index contributed by atoms with van der Waals surface area (Å²) in [5.41, 5.74) is 0.412. The standard InChI is InChI=1S/C17H21N3O3/c21-10-12-5-1-3-7-14(12)19-16(22)9-20-11-18-15-8-4-2-6-13(15)17(20)23/h2,4,6,8,11-12,14,21H,1,3,5,7,9-10H2,(H,19,22). The lowest BCUT2D eigenvalue weighted by molar-refractivity contribution is -0.123. The van der Waals surface area contributed by atoms with Crippen LogP contribution in [0.3, 0.4) is 0 Å². The van der Waals surface area contributed by atoms with E-state index in [4.69, 9.17) is 0 Å². The summed E-state index contributed by atoms with van der Waals surface area (Å²) in [6.45, 7) is 0.0355. The van der Waals surface area contributed by atoms with Crippen molar-refractivity contribution in [2.24, 2.45) is 5.92 Å². The van der Waals surface area contributed by atoms with Gasteiger partial charge in [0, 0.05) is 18.6 Å². The van der Waals surface area contributed by atoms with Crippen molar-refractivity contribution in [3.63, 3.8) is 0 Å². The van der Waals surface area contributed by atoms with Crippen LogP contribution in [0.5, 0.6) is 0 Å². The second-order valence-electron chi connectivity index (χ2n) is 6.10. The van der Waals surface area contributed by atoms with Crippen LogP contribution in [0.15, 0.2) is 35.4 Å². The molecule has 3 rings (SSSR count). The number of para-hydroxylation sites is 1. The molecule has 1 aliphatic rings. The van der Waals surface area contributed by atoms with E-state index in [1.165, 1.54) is 10.9 Å². The Balaban J connectivity index is 1.73. The van der Waals surface area contributed by atoms with Gasteiger partial charge in [-0.3, -0.25) is 14.2 Å². The van der Waals surface area contributed by atoms with Gasteiger partial charge in [-0.2, -0.15) is 0 Å². The summed E-state index contributed by atoms with van der Waals surface area (Å²) >= 11 is 0. The molecule has 2 unspecified atom stereocenters. The van der Waals surface area contributed by atoms with Crippen LogP contribution in [-0.4, -0.2) is 33.2 Å². The summed E-state index contributed by atoms with van der Waals surface area (Å²) in [6, 6.07) is 7.08. The van der Waals surface area contributed by atoms with Gasteiger partial charge >= 0.3 is 0 Å². The van der Waals surface area contributed by atoms with Gasteiger partial charge in [-0.15, -0.1) is 0 Å². The molecule has 6 nitrogen and oxygen atoms in total. The molecular weight excluding hydrogens is 294 g/mol. The fourth-order valence-corrected chi connectivity index (χ4v) is 3.24. The van der Waals surface area contributed by atoms with E-state index in [0.717, 1.165) is 25.7 Å². The van der Waals surface area contributed by atoms with Crippen LogP contribution in [0.25, 0.3) is 10.9 Å². The number of benzene rings is 1. The van der Waals surface area contributed by atoms with Gasteiger partial charge in [-0.05, 0) is 25.0 Å². The van der Waals surface area contributed by atoms with Crippen LogP contribution in [0.2, 0.25) is 0 Å². The van der Waals surface area contributed by atoms with Gasteiger partial charge < -0.3 is 10.4 Å². The predicted octanol–water partition coefficient (Wildman–Crippen LogP) is 1.06. The van der Waals surface area contributed by atoms with Gasteiger partial charge in [0.15, 0.2) is 0 Å². The Labute approximate surface area is 134 Å². The highest BCUT2D eigenvalue weighted by Crippen LogP contribution is 2.23. The van der Waals surface area contributed by atoms with Crippen LogP contribution >= 0.6 is 0 Å². The number of aliphatic hydroxyl groups is 1. The number of aromatic nitrogens is 2. The van der Waals surface area contributed by atoms with Gasteiger partial charge in [0.25, 0.3) is 5.56 Å². The molecule has 0 radical (unpaired) electrons. The Hall–Kier alpha value is -2.21. The molecule has 1 amide bonds. The maximum atomic E-state index is 12.4. The molecule has 1 aromatic heterocycles. The van der Waals surface area contributed by atoms with E-state index in [0.29, 0.717) is 10.9 Å². The molecule has 0 saturated heterocycles. The predicted molar refractivity (Wildman–Crippen MR) is 87.0 cm³/mol. The number of fused-ring (bicyclic) bond motifs is 1. The smallest absolute Gasteiger partial charge is 0.261 e. The fourth-order valence-electron chi connectivity index (χ4n) is 3.24. The molecule has 1 aromatic carbocycles. The maximum Gasteiger partial charge on any atom is 0.261 e. The van der Waals surface area contributed by atoms with Gasteiger partial charge in [0.2, 0.25) is 5.91 Å². The molecule has 1 saturated carbocycles. The van der Waals surface area contributed by atoms with E-state index in [2.05, 4.69) is 10.3 Å². The number of amides is 1. The number of nitrogens with one attached hydrogen (secondary N) is 1. The van der Waals surface area contributed by atoms with E-state index in [9.17, 15) is 14.7 Å². The number of carbonyl (C=O) groups excluding carboxylic acids is 1. The van der Waals surface area contributed by atoms with Crippen molar-refractivity contribution in [1.29, 1.82) is 0 Å². The molecule has 2 N–H and O–H groups in total. The molecule has 2 atom stereocenters. The first kappa shape index (κ1) is 15.7. The minimum atomic E-state index is -0.215. The van der Waals surface area contributed by atoms with E-state index in [1.54, 1.807) is 18.2 Å². The first-order valence-electron chi connectivity index (χ1n) is 8.03. The number of hydrogen-bond acceptors (Lipinski definition) is 4. The topological polar surface area (TPSA) is 84.2 Å². The van der Waals surface area contributed by atoms with Crippen molar-refractivity contribution in [1.82, 2.24) is 14.9 Å². The zero-order valence-corrected chi connectivity index (χ0v) is 12.9. The third kappa shape index (κ3) is 3.42. The van der Waals surface area contributed by atoms with Crippen molar-refractivity contribution in [2.75, 3.05) is 6.61 Å². The van der Waals surface area contributed by atoms with Crippen LogP contribution in [-0.2, 0) is 11.3 Å². The molecule has 0 spiro atoms. The maximum absolute atomic E-state index is 12.4. The minimum Gasteiger partial charge on any atom is -0.396 e. The van der Waals surface area contributed by atoms with E-state index < -0.39 is 0 Å². The van der Waals surface area contributed by atoms with Gasteiger partial charge in [0.05, 0.1) is 17.2 Å². The third-order valence-electron chi connectivity index (χ3n) is 4.54. The van der Waals surface area contributed by atoms with Crippen LogP contribution < -0.4 is 10.9 Å². The Morgan fingerprint density at radius 2 is 2.09 bits per heavy atom. The van der Waals surface area contributed by atoms with Gasteiger partial charge in [0.1, 0.15) is 6.54 Å². The third-order valence-corrected chi connectivity index (χ3v) is 4.54. The van der Waals surface area contributed by atoms with Gasteiger partial charge in [-0.1, -0.05) is 25.0 Å². The van der Waals surface area contributed by atoms with E-state index >= 15 is 0 Å². The average molecular weight is 315 g/mol. The molecule has 122 valence electrons. The monoisotopic (exact) mass is 315 g/mol. The molecule has 1 heterocycles. The zero-order chi connectivity index (χ0) is 16.2. The summed E-state index contributed by atoms with van der Waals surface area (Å²) < 4.78 is 1.33. The Morgan fingerprint density at radius 1 is 1.30 bits per heavy atom. The molecule has 2 aromatic rings. The molecule has 0 bridgehead atoms. The molecule has 0 aliphatic heterocycles. The normalized spacial score (nSPS) is 21.3. The first-order valence-corrected chi connectivity index (χ1v) is 8.03. The van der Waals surface area contributed by atoms with Crippen LogP contribution in [0, 0.1) is 5.92 Å². The van der Waals surface area contributed by atoms with Crippen LogP contribution in [0.4, 0.5) is 0 Å². The average Bonchev–Trinajstić information content (AvgIpc) is 2.58. The highest BCUT2D eigenvalue weighted by Gasteiger charge is 2.25. The minimum absolute atomic E-state index is 0.00892. The lowest BCUT2D eigenvalue weighted by Crippen LogP contribution is -2.45. The lowest BCUT2D eigenvalue weighted by Gasteiger charge is -2.30. The fraction of sp³-hybridized carbons (Fsp3) is 0.471. The second-order valence-corrected chi connectivity index (χ2v) is 6.10. The first-order chi connectivity index (χ1) is 11.2. The Bertz CT molecular complexity index is 756. The Kier molecular flexibility index (Phi) is 4.71. The highest BCUT2D eigenvalue weighted by molar-refractivity contribution is 5.79. The number of aliphatic hydroxyl groups excluding tert-OH is 1. The highest BCUT2D eigenvalue weighted by atomic mass is 16.3. The van der Waals surface area contributed by atoms with Crippen molar-refractivity contribution in [3.8, 4) is 0 Å². The number of hydrogen-bond donors (Lipinski definition) is 2. The summed E-state index contributed by atoms with van der Waals surface area (Å²) in [5, 5.41) is 12.9. The quantitative estimate of drug-likeness (QED) is 0.884. The zero-order valence-electron chi connectivity index (χ0n) is 12.9. The largest absolute Gasteiger partial charge is 0.396 e. The molecule has 23 heavy (non-hydrogen) atoms. The summed E-state index contributed by atoms with van der Waals surface area (Å²) in [6.07, 6.45) is 5.36. The van der Waals surface area contributed by atoms with Crippen molar-refractivity contribution >= 4 is 16.8 Å². The van der Waals surface area contributed by atoms with Crippen LogP contribution in [0.1, 0.15) is 25.7 Å². The molecule has 1 fully saturated rings. The van der Waals surface area contributed by atoms with Crippen molar-refractivity contribution < 1.29 is 9.90 Å². The Morgan fingerprint density at radius 3 is 2.91 bits per heavy atom. The van der Waals surface area contributed by atoms with E-state index in [-0.39, 0.29) is 36.6 Å². The SMILES string of the molecule is O=C(Cn1cnc2ccccc2c1=O)NC1CCCCC1CO. The second kappa shape index (κ2) is 6.91. The van der Waals surface area contributed by atoms with Crippen molar-refractivity contribution in [2.45, 2.75) is 38.3 Å². The number of carbonyl (C=O) groups is 1. The molecular formula is C17H21N3O3. The molecule has 1 aliphatic carbocycles.